The molecule has 0 saturated carbocycles. The van der Waals surface area contributed by atoms with Gasteiger partial charge in [-0.2, -0.15) is 0 Å². The molecule has 0 spiro atoms. The van der Waals surface area contributed by atoms with Crippen molar-refractivity contribution >= 4 is 29.3 Å². The third-order valence-corrected chi connectivity index (χ3v) is 2.79. The molecule has 1 rings (SSSR count). The third-order valence-electron chi connectivity index (χ3n) is 1.57. The number of halogens is 1. The fourth-order valence-electron chi connectivity index (χ4n) is 0.994. The van der Waals surface area contributed by atoms with Crippen molar-refractivity contribution in [1.29, 1.82) is 0 Å². The van der Waals surface area contributed by atoms with Gasteiger partial charge in [-0.15, -0.1) is 11.8 Å². The quantitative estimate of drug-likeness (QED) is 0.826. The number of carbonyl (C=O) groups is 1. The van der Waals surface area contributed by atoms with Gasteiger partial charge in [0.25, 0.3) is 0 Å². The molecule has 0 heterocycles. The molecular weight excluding hydrogens is 232 g/mol. The number of hydrogen-bond acceptors (Lipinski definition) is 2. The summed E-state index contributed by atoms with van der Waals surface area (Å²) in [5.41, 5.74) is 0.732. The second-order valence-electron chi connectivity index (χ2n) is 2.54. The van der Waals surface area contributed by atoms with Crippen LogP contribution in [0.5, 0.6) is 0 Å². The van der Waals surface area contributed by atoms with Gasteiger partial charge in [-0.3, -0.25) is 4.79 Å². The van der Waals surface area contributed by atoms with Crippen molar-refractivity contribution in [2.45, 2.75) is 25.2 Å². The molecule has 84 valence electrons. The van der Waals surface area contributed by atoms with Gasteiger partial charge in [-0.05, 0) is 24.0 Å². The summed E-state index contributed by atoms with van der Waals surface area (Å²) < 4.78 is 0. The highest BCUT2D eigenvalue weighted by molar-refractivity contribution is 7.98. The molecular formula is C11H15ClO2S. The van der Waals surface area contributed by atoms with Crippen molar-refractivity contribution in [3.05, 3.63) is 28.8 Å². The normalized spacial score (nSPS) is 9.07. The second-order valence-corrected chi connectivity index (χ2v) is 3.79. The van der Waals surface area contributed by atoms with Gasteiger partial charge in [-0.1, -0.05) is 31.5 Å². The highest BCUT2D eigenvalue weighted by Gasteiger charge is 2.03. The molecule has 0 bridgehead atoms. The Bertz CT molecular complexity index is 326. The molecule has 1 aromatic rings. The number of hydrogen-bond donors (Lipinski definition) is 1. The van der Waals surface area contributed by atoms with Crippen LogP contribution in [0.25, 0.3) is 0 Å². The summed E-state index contributed by atoms with van der Waals surface area (Å²) in [6.45, 7) is 4.00. The Labute approximate surface area is 99.6 Å². The first-order chi connectivity index (χ1) is 7.13. The monoisotopic (exact) mass is 246 g/mol. The van der Waals surface area contributed by atoms with Gasteiger partial charge < -0.3 is 5.11 Å². The summed E-state index contributed by atoms with van der Waals surface area (Å²) in [6.07, 6.45) is 1.95. The number of aliphatic carboxylic acids is 1. The molecule has 0 aliphatic heterocycles. The average Bonchev–Trinajstić information content (AvgIpc) is 2.20. The highest BCUT2D eigenvalue weighted by atomic mass is 35.5. The first kappa shape index (κ1) is 14.3. The van der Waals surface area contributed by atoms with Crippen molar-refractivity contribution in [3.8, 4) is 0 Å². The van der Waals surface area contributed by atoms with E-state index in [9.17, 15) is 4.79 Å². The molecule has 0 fully saturated rings. The lowest BCUT2D eigenvalue weighted by atomic mass is 10.1. The van der Waals surface area contributed by atoms with Gasteiger partial charge >= 0.3 is 5.97 Å². The van der Waals surface area contributed by atoms with Crippen molar-refractivity contribution in [2.24, 2.45) is 0 Å². The van der Waals surface area contributed by atoms with Crippen LogP contribution in [0.2, 0.25) is 5.02 Å². The number of carboxylic acid groups (broad SMARTS) is 1. The van der Waals surface area contributed by atoms with Crippen molar-refractivity contribution in [2.75, 3.05) is 6.26 Å². The van der Waals surface area contributed by atoms with E-state index in [1.54, 1.807) is 23.9 Å². The number of thioether (sulfide) groups is 1. The lowest BCUT2D eigenvalue weighted by molar-refractivity contribution is -0.136. The van der Waals surface area contributed by atoms with Crippen LogP contribution in [0.3, 0.4) is 0 Å². The predicted octanol–water partition coefficient (Wildman–Crippen LogP) is 3.72. The fourth-order valence-corrected chi connectivity index (χ4v) is 1.89. The van der Waals surface area contributed by atoms with Crippen LogP contribution in [0.1, 0.15) is 19.4 Å². The Morgan fingerprint density at radius 1 is 1.47 bits per heavy atom. The van der Waals surface area contributed by atoms with E-state index in [1.807, 2.05) is 26.2 Å². The summed E-state index contributed by atoms with van der Waals surface area (Å²) in [4.78, 5) is 11.4. The number of rotatable bonds is 3. The van der Waals surface area contributed by atoms with E-state index in [1.165, 1.54) is 0 Å². The minimum absolute atomic E-state index is 0.0222. The van der Waals surface area contributed by atoms with Crippen LogP contribution in [0, 0.1) is 0 Å². The summed E-state index contributed by atoms with van der Waals surface area (Å²) in [6, 6.07) is 5.32. The molecule has 2 nitrogen and oxygen atoms in total. The average molecular weight is 247 g/mol. The third kappa shape index (κ3) is 5.09. The van der Waals surface area contributed by atoms with E-state index in [0.29, 0.717) is 5.02 Å². The van der Waals surface area contributed by atoms with Gasteiger partial charge in [0.15, 0.2) is 0 Å². The summed E-state index contributed by atoms with van der Waals surface area (Å²) >= 11 is 7.44. The minimum Gasteiger partial charge on any atom is -0.481 e. The van der Waals surface area contributed by atoms with Gasteiger partial charge in [0.1, 0.15) is 0 Å². The zero-order valence-electron chi connectivity index (χ0n) is 9.08. The molecule has 0 amide bonds. The van der Waals surface area contributed by atoms with Gasteiger partial charge in [-0.25, -0.2) is 0 Å². The van der Waals surface area contributed by atoms with Crippen LogP contribution in [-0.4, -0.2) is 17.3 Å². The standard InChI is InChI=1S/C9H9ClO2S.C2H6/c1-13-8-3-2-6(4-7(8)10)5-9(11)12;1-2/h2-4H,5H2,1H3,(H,11,12);1-2H3. The van der Waals surface area contributed by atoms with E-state index < -0.39 is 5.97 Å². The molecule has 1 N–H and O–H groups in total. The molecule has 4 heteroatoms. The summed E-state index contributed by atoms with van der Waals surface area (Å²) in [7, 11) is 0. The number of benzene rings is 1. The zero-order valence-corrected chi connectivity index (χ0v) is 10.7. The first-order valence-electron chi connectivity index (χ1n) is 4.67. The van der Waals surface area contributed by atoms with Gasteiger partial charge in [0, 0.05) is 4.90 Å². The fraction of sp³-hybridized carbons (Fsp3) is 0.364. The Balaban J connectivity index is 0.000000921. The maximum atomic E-state index is 10.4. The van der Waals surface area contributed by atoms with Crippen LogP contribution in [0.4, 0.5) is 0 Å². The van der Waals surface area contributed by atoms with Crippen molar-refractivity contribution in [3.63, 3.8) is 0 Å². The highest BCUT2D eigenvalue weighted by Crippen LogP contribution is 2.26. The predicted molar refractivity (Wildman–Crippen MR) is 65.9 cm³/mol. The SMILES string of the molecule is CC.CSc1ccc(CC(=O)O)cc1Cl. The molecule has 15 heavy (non-hydrogen) atoms. The molecule has 0 aromatic heterocycles. The minimum atomic E-state index is -0.840. The van der Waals surface area contributed by atoms with Gasteiger partial charge in [0.2, 0.25) is 0 Å². The Morgan fingerprint density at radius 3 is 2.47 bits per heavy atom. The Morgan fingerprint density at radius 2 is 2.07 bits per heavy atom. The summed E-state index contributed by atoms with van der Waals surface area (Å²) in [5.74, 6) is -0.840. The summed E-state index contributed by atoms with van der Waals surface area (Å²) in [5, 5.41) is 9.15. The maximum Gasteiger partial charge on any atom is 0.307 e. The molecule has 0 aliphatic carbocycles. The van der Waals surface area contributed by atoms with E-state index in [-0.39, 0.29) is 6.42 Å². The first-order valence-corrected chi connectivity index (χ1v) is 6.28. The zero-order chi connectivity index (χ0) is 11.8. The molecule has 0 aliphatic rings. The molecule has 0 unspecified atom stereocenters. The van der Waals surface area contributed by atoms with Crippen LogP contribution in [0.15, 0.2) is 23.1 Å². The lowest BCUT2D eigenvalue weighted by Gasteiger charge is -2.02. The Hall–Kier alpha value is -0.670. The second kappa shape index (κ2) is 7.60. The topological polar surface area (TPSA) is 37.3 Å². The smallest absolute Gasteiger partial charge is 0.307 e. The lowest BCUT2D eigenvalue weighted by Crippen LogP contribution is -1.99. The Kier molecular flexibility index (Phi) is 7.26. The van der Waals surface area contributed by atoms with Crippen molar-refractivity contribution in [1.82, 2.24) is 0 Å². The van der Waals surface area contributed by atoms with E-state index in [0.717, 1.165) is 10.5 Å². The van der Waals surface area contributed by atoms with Crippen LogP contribution < -0.4 is 0 Å². The van der Waals surface area contributed by atoms with E-state index in [4.69, 9.17) is 16.7 Å². The largest absolute Gasteiger partial charge is 0.481 e. The van der Waals surface area contributed by atoms with Crippen LogP contribution >= 0.6 is 23.4 Å². The number of carboxylic acids is 1. The van der Waals surface area contributed by atoms with Crippen LogP contribution in [-0.2, 0) is 11.2 Å². The molecule has 1 aromatic carbocycles. The molecule has 0 radical (unpaired) electrons. The molecule has 0 saturated heterocycles. The van der Waals surface area contributed by atoms with Crippen molar-refractivity contribution < 1.29 is 9.90 Å². The van der Waals surface area contributed by atoms with E-state index in [2.05, 4.69) is 0 Å². The molecule has 0 atom stereocenters. The van der Waals surface area contributed by atoms with Gasteiger partial charge in [0.05, 0.1) is 11.4 Å². The van der Waals surface area contributed by atoms with E-state index >= 15 is 0 Å². The maximum absolute atomic E-state index is 10.4.